The molecule has 1 saturated heterocycles. The number of nitrogens with one attached hydrogen (secondary N) is 1. The lowest BCUT2D eigenvalue weighted by Crippen LogP contribution is -2.48. The summed E-state index contributed by atoms with van der Waals surface area (Å²) in [5, 5.41) is 14.7. The van der Waals surface area contributed by atoms with Gasteiger partial charge < -0.3 is 5.32 Å². The summed E-state index contributed by atoms with van der Waals surface area (Å²) in [5.41, 5.74) is 1.01. The zero-order chi connectivity index (χ0) is 18.9. The van der Waals surface area contributed by atoms with E-state index in [9.17, 15) is 18.5 Å². The van der Waals surface area contributed by atoms with Crippen LogP contribution in [0.1, 0.15) is 17.2 Å². The smallest absolute Gasteiger partial charge is 0.272 e. The number of rotatable bonds is 4. The molecular formula is C17H18ClN3O4S. The maximum Gasteiger partial charge on any atom is 0.272 e. The van der Waals surface area contributed by atoms with Gasteiger partial charge in [0.2, 0.25) is 10.0 Å². The van der Waals surface area contributed by atoms with Crippen LogP contribution in [0.25, 0.3) is 0 Å². The van der Waals surface area contributed by atoms with Crippen LogP contribution in [-0.2, 0) is 10.0 Å². The lowest BCUT2D eigenvalue weighted by Gasteiger charge is -2.35. The number of hydrogen-bond acceptors (Lipinski definition) is 5. The minimum Gasteiger partial charge on any atom is -0.313 e. The quantitative estimate of drug-likeness (QED) is 0.634. The van der Waals surface area contributed by atoms with Crippen molar-refractivity contribution in [2.75, 3.05) is 19.6 Å². The summed E-state index contributed by atoms with van der Waals surface area (Å²) in [6.07, 6.45) is 0. The first-order chi connectivity index (χ1) is 12.3. The van der Waals surface area contributed by atoms with Gasteiger partial charge in [0.05, 0.1) is 15.9 Å². The first kappa shape index (κ1) is 18.8. The Morgan fingerprint density at radius 3 is 2.69 bits per heavy atom. The Kier molecular flexibility index (Phi) is 5.29. The third-order valence-corrected chi connectivity index (χ3v) is 6.54. The van der Waals surface area contributed by atoms with Gasteiger partial charge in [0.1, 0.15) is 0 Å². The third-order valence-electron chi connectivity index (χ3n) is 4.40. The fourth-order valence-corrected chi connectivity index (χ4v) is 5.00. The van der Waals surface area contributed by atoms with Gasteiger partial charge in [-0.1, -0.05) is 23.7 Å². The van der Waals surface area contributed by atoms with Crippen molar-refractivity contribution in [2.45, 2.75) is 17.9 Å². The van der Waals surface area contributed by atoms with E-state index in [1.54, 1.807) is 18.2 Å². The number of halogens is 1. The first-order valence-electron chi connectivity index (χ1n) is 8.04. The van der Waals surface area contributed by atoms with E-state index in [1.165, 1.54) is 29.4 Å². The number of hydrogen-bond donors (Lipinski definition) is 1. The van der Waals surface area contributed by atoms with E-state index in [2.05, 4.69) is 5.32 Å². The molecule has 3 rings (SSSR count). The van der Waals surface area contributed by atoms with Crippen LogP contribution in [0.3, 0.4) is 0 Å². The molecule has 1 heterocycles. The third kappa shape index (κ3) is 3.59. The molecule has 0 spiro atoms. The van der Waals surface area contributed by atoms with Crippen LogP contribution in [0.4, 0.5) is 5.69 Å². The van der Waals surface area contributed by atoms with Gasteiger partial charge in [0.25, 0.3) is 5.69 Å². The molecule has 26 heavy (non-hydrogen) atoms. The van der Waals surface area contributed by atoms with Gasteiger partial charge in [0, 0.05) is 36.3 Å². The molecule has 9 heteroatoms. The average molecular weight is 396 g/mol. The van der Waals surface area contributed by atoms with Crippen LogP contribution >= 0.6 is 11.6 Å². The highest BCUT2D eigenvalue weighted by Gasteiger charge is 2.35. The molecule has 2 aromatic rings. The van der Waals surface area contributed by atoms with Gasteiger partial charge in [-0.3, -0.25) is 10.1 Å². The lowest BCUT2D eigenvalue weighted by atomic mass is 10.1. The van der Waals surface area contributed by atoms with E-state index >= 15 is 0 Å². The molecular weight excluding hydrogens is 378 g/mol. The van der Waals surface area contributed by atoms with Crippen molar-refractivity contribution in [3.05, 3.63) is 68.7 Å². The zero-order valence-electron chi connectivity index (χ0n) is 14.1. The predicted molar refractivity (Wildman–Crippen MR) is 98.8 cm³/mol. The summed E-state index contributed by atoms with van der Waals surface area (Å²) >= 11 is 6.06. The Morgan fingerprint density at radius 1 is 1.27 bits per heavy atom. The van der Waals surface area contributed by atoms with E-state index in [1.807, 2.05) is 6.07 Å². The van der Waals surface area contributed by atoms with Gasteiger partial charge in [-0.2, -0.15) is 4.31 Å². The molecule has 1 unspecified atom stereocenters. The molecule has 1 aliphatic rings. The molecule has 0 aliphatic carbocycles. The summed E-state index contributed by atoms with van der Waals surface area (Å²) in [4.78, 5) is 10.5. The van der Waals surface area contributed by atoms with Crippen molar-refractivity contribution in [3.8, 4) is 0 Å². The Bertz CT molecular complexity index is 949. The minimum absolute atomic E-state index is 0.0505. The molecule has 1 atom stereocenters. The van der Waals surface area contributed by atoms with Crippen molar-refractivity contribution in [1.82, 2.24) is 9.62 Å². The normalized spacial score (nSPS) is 18.6. The second-order valence-corrected chi connectivity index (χ2v) is 8.42. The number of nitro groups is 1. The summed E-state index contributed by atoms with van der Waals surface area (Å²) in [7, 11) is -3.81. The molecule has 0 saturated carbocycles. The lowest BCUT2D eigenvalue weighted by molar-refractivity contribution is -0.385. The molecule has 1 N–H and O–H groups in total. The van der Waals surface area contributed by atoms with Gasteiger partial charge in [-0.15, -0.1) is 0 Å². The van der Waals surface area contributed by atoms with Crippen LogP contribution < -0.4 is 5.32 Å². The monoisotopic (exact) mass is 395 g/mol. The highest BCUT2D eigenvalue weighted by Crippen LogP contribution is 2.31. The van der Waals surface area contributed by atoms with Crippen molar-refractivity contribution in [2.24, 2.45) is 0 Å². The van der Waals surface area contributed by atoms with Crippen molar-refractivity contribution in [1.29, 1.82) is 0 Å². The maximum atomic E-state index is 13.2. The van der Waals surface area contributed by atoms with Crippen LogP contribution in [0.2, 0.25) is 5.02 Å². The minimum atomic E-state index is -3.81. The van der Waals surface area contributed by atoms with Gasteiger partial charge in [-0.25, -0.2) is 8.42 Å². The topological polar surface area (TPSA) is 92.6 Å². The predicted octanol–water partition coefficient (Wildman–Crippen LogP) is 2.89. The molecule has 7 nitrogen and oxygen atoms in total. The van der Waals surface area contributed by atoms with Crippen molar-refractivity contribution >= 4 is 27.3 Å². The van der Waals surface area contributed by atoms with Crippen LogP contribution in [0.15, 0.2) is 47.4 Å². The molecule has 138 valence electrons. The first-order valence-corrected chi connectivity index (χ1v) is 9.85. The second-order valence-electron chi connectivity index (χ2n) is 6.10. The molecule has 0 amide bonds. The van der Waals surface area contributed by atoms with Crippen molar-refractivity contribution < 1.29 is 13.3 Å². The van der Waals surface area contributed by atoms with E-state index in [-0.39, 0.29) is 10.6 Å². The second kappa shape index (κ2) is 7.32. The van der Waals surface area contributed by atoms with E-state index < -0.39 is 21.0 Å². The van der Waals surface area contributed by atoms with E-state index in [0.717, 1.165) is 5.56 Å². The van der Waals surface area contributed by atoms with E-state index in [4.69, 9.17) is 11.6 Å². The Hall–Kier alpha value is -2.00. The van der Waals surface area contributed by atoms with Crippen LogP contribution in [0.5, 0.6) is 0 Å². The van der Waals surface area contributed by atoms with Gasteiger partial charge in [0.15, 0.2) is 0 Å². The number of piperazine rings is 1. The van der Waals surface area contributed by atoms with Gasteiger partial charge in [-0.05, 0) is 36.8 Å². The summed E-state index contributed by atoms with van der Waals surface area (Å²) in [6, 6.07) is 10.6. The Labute approximate surface area is 156 Å². The highest BCUT2D eigenvalue weighted by atomic mass is 35.5. The summed E-state index contributed by atoms with van der Waals surface area (Å²) < 4.78 is 27.8. The standard InChI is InChI=1S/C17H18ClN3O4S/c1-12-9-15(5-6-16(12)21(22)23)26(24,25)20-8-7-19-11-17(20)13-3-2-4-14(18)10-13/h2-6,9-10,17,19H,7-8,11H2,1H3. The molecule has 0 bridgehead atoms. The maximum absolute atomic E-state index is 13.2. The Morgan fingerprint density at radius 2 is 2.04 bits per heavy atom. The zero-order valence-corrected chi connectivity index (χ0v) is 15.6. The number of benzene rings is 2. The molecule has 2 aromatic carbocycles. The fraction of sp³-hybridized carbons (Fsp3) is 0.294. The van der Waals surface area contributed by atoms with Crippen LogP contribution in [0, 0.1) is 17.0 Å². The number of nitro benzene ring substituents is 1. The molecule has 1 fully saturated rings. The van der Waals surface area contributed by atoms with E-state index in [0.29, 0.717) is 30.2 Å². The Balaban J connectivity index is 2.01. The van der Waals surface area contributed by atoms with Gasteiger partial charge >= 0.3 is 0 Å². The largest absolute Gasteiger partial charge is 0.313 e. The molecule has 0 radical (unpaired) electrons. The number of aryl methyl sites for hydroxylation is 1. The van der Waals surface area contributed by atoms with Crippen molar-refractivity contribution in [3.63, 3.8) is 0 Å². The summed E-state index contributed by atoms with van der Waals surface area (Å²) in [6.45, 7) is 2.83. The fourth-order valence-electron chi connectivity index (χ4n) is 3.10. The van der Waals surface area contributed by atoms with Crippen LogP contribution in [-0.4, -0.2) is 37.3 Å². The SMILES string of the molecule is Cc1cc(S(=O)(=O)N2CCNCC2c2cccc(Cl)c2)ccc1[N+](=O)[O-]. The molecule has 1 aliphatic heterocycles. The number of sulfonamides is 1. The summed E-state index contributed by atoms with van der Waals surface area (Å²) in [5.74, 6) is 0. The molecule has 0 aromatic heterocycles. The average Bonchev–Trinajstić information content (AvgIpc) is 2.61. The highest BCUT2D eigenvalue weighted by molar-refractivity contribution is 7.89. The number of nitrogens with zero attached hydrogens (tertiary/aromatic N) is 2.